The summed E-state index contributed by atoms with van der Waals surface area (Å²) in [6.45, 7) is 0. The molecular formula is C15H14N3+. The smallest absolute Gasteiger partial charge is 0.378 e. The monoisotopic (exact) mass is 236 g/mol. The van der Waals surface area contributed by atoms with Crippen LogP contribution >= 0.6 is 0 Å². The second-order valence-electron chi connectivity index (χ2n) is 4.82. The van der Waals surface area contributed by atoms with E-state index in [0.29, 0.717) is 5.69 Å². The molecule has 0 spiro atoms. The fourth-order valence-electron chi connectivity index (χ4n) is 2.56. The molecule has 0 fully saturated rings. The van der Waals surface area contributed by atoms with Crippen LogP contribution < -0.4 is 4.90 Å². The highest BCUT2D eigenvalue weighted by atomic mass is 15.1. The van der Waals surface area contributed by atoms with E-state index in [0.717, 1.165) is 12.0 Å². The number of anilines is 1. The van der Waals surface area contributed by atoms with Gasteiger partial charge in [-0.15, -0.1) is 0 Å². The molecule has 0 bridgehead atoms. The summed E-state index contributed by atoms with van der Waals surface area (Å²) in [5.41, 5.74) is 6.73. The van der Waals surface area contributed by atoms with E-state index in [2.05, 4.69) is 34.1 Å². The lowest BCUT2D eigenvalue weighted by molar-refractivity contribution is 1.12. The van der Waals surface area contributed by atoms with Crippen molar-refractivity contribution in [3.8, 4) is 11.1 Å². The summed E-state index contributed by atoms with van der Waals surface area (Å²) in [5.74, 6) is 0. The second-order valence-corrected chi connectivity index (χ2v) is 4.82. The van der Waals surface area contributed by atoms with E-state index in [1.807, 2.05) is 26.2 Å². The van der Waals surface area contributed by atoms with Crippen molar-refractivity contribution in [3.05, 3.63) is 52.5 Å². The molecule has 18 heavy (non-hydrogen) atoms. The Labute approximate surface area is 106 Å². The van der Waals surface area contributed by atoms with Crippen LogP contribution in [-0.2, 0) is 6.42 Å². The maximum Gasteiger partial charge on any atom is 0.389 e. The number of nitrogens with zero attached hydrogens (tertiary/aromatic N) is 3. The van der Waals surface area contributed by atoms with Crippen molar-refractivity contribution >= 4 is 11.4 Å². The third-order valence-corrected chi connectivity index (χ3v) is 3.52. The minimum absolute atomic E-state index is 0.676. The van der Waals surface area contributed by atoms with Crippen LogP contribution in [0.1, 0.15) is 11.1 Å². The lowest BCUT2D eigenvalue weighted by Crippen LogP contribution is -2.08. The first-order chi connectivity index (χ1) is 8.70. The first kappa shape index (κ1) is 10.8. The Morgan fingerprint density at radius 2 is 1.94 bits per heavy atom. The van der Waals surface area contributed by atoms with E-state index in [9.17, 15) is 0 Å². The summed E-state index contributed by atoms with van der Waals surface area (Å²) in [7, 11) is 4.08. The molecule has 0 radical (unpaired) electrons. The quantitative estimate of drug-likeness (QED) is 0.602. The molecule has 0 saturated heterocycles. The summed E-state index contributed by atoms with van der Waals surface area (Å²) in [4.78, 5) is 5.47. The molecule has 0 unspecified atom stereocenters. The Balaban J connectivity index is 2.17. The van der Waals surface area contributed by atoms with Crippen molar-refractivity contribution in [1.82, 2.24) is 0 Å². The molecule has 1 aliphatic rings. The van der Waals surface area contributed by atoms with Crippen molar-refractivity contribution in [3.63, 3.8) is 0 Å². The molecule has 0 saturated carbocycles. The van der Waals surface area contributed by atoms with Crippen LogP contribution in [0.2, 0.25) is 0 Å². The van der Waals surface area contributed by atoms with Crippen LogP contribution in [0.15, 0.2) is 36.4 Å². The molecule has 0 amide bonds. The molecule has 1 aliphatic carbocycles. The molecule has 0 N–H and O–H groups in total. The van der Waals surface area contributed by atoms with Gasteiger partial charge in [-0.05, 0) is 28.8 Å². The molecule has 0 aromatic heterocycles. The van der Waals surface area contributed by atoms with Crippen molar-refractivity contribution < 1.29 is 0 Å². The minimum atomic E-state index is 0.676. The van der Waals surface area contributed by atoms with Gasteiger partial charge in [0, 0.05) is 32.3 Å². The van der Waals surface area contributed by atoms with Gasteiger partial charge in [-0.1, -0.05) is 18.2 Å². The maximum atomic E-state index is 9.04. The average molecular weight is 236 g/mol. The zero-order valence-electron chi connectivity index (χ0n) is 10.5. The largest absolute Gasteiger partial charge is 0.389 e. The first-order valence-corrected chi connectivity index (χ1v) is 5.98. The van der Waals surface area contributed by atoms with Gasteiger partial charge < -0.3 is 4.90 Å². The zero-order valence-corrected chi connectivity index (χ0v) is 10.5. The average Bonchev–Trinajstić information content (AvgIpc) is 2.75. The van der Waals surface area contributed by atoms with Crippen LogP contribution in [0, 0.1) is 5.39 Å². The summed E-state index contributed by atoms with van der Waals surface area (Å²) in [5, 5.41) is 9.04. The standard InChI is InChI=1S/C15H14N3/c1-18(2)11-6-7-12-10(8-11)9-14-13(12)4-3-5-15(14)17-16/h3-8H,9H2,1-2H3/q+1. The first-order valence-electron chi connectivity index (χ1n) is 5.98. The van der Waals surface area contributed by atoms with Crippen LogP contribution in [0.4, 0.5) is 11.4 Å². The van der Waals surface area contributed by atoms with Gasteiger partial charge in [-0.3, -0.25) is 0 Å². The highest BCUT2D eigenvalue weighted by Gasteiger charge is 2.26. The molecule has 0 atom stereocenters. The van der Waals surface area contributed by atoms with Crippen LogP contribution in [-0.4, -0.2) is 14.1 Å². The van der Waals surface area contributed by atoms with Gasteiger partial charge in [0.25, 0.3) is 0 Å². The summed E-state index contributed by atoms with van der Waals surface area (Å²) >= 11 is 0. The second kappa shape index (κ2) is 3.85. The molecule has 0 aliphatic heterocycles. The Hall–Kier alpha value is -2.34. The van der Waals surface area contributed by atoms with Gasteiger partial charge in [0.15, 0.2) is 4.98 Å². The van der Waals surface area contributed by atoms with Crippen LogP contribution in [0.3, 0.4) is 0 Å². The predicted octanol–water partition coefficient (Wildman–Crippen LogP) is 3.81. The molecule has 0 heterocycles. The van der Waals surface area contributed by atoms with E-state index < -0.39 is 0 Å². The van der Waals surface area contributed by atoms with Crippen molar-refractivity contribution in [2.45, 2.75) is 6.42 Å². The van der Waals surface area contributed by atoms with E-state index in [1.54, 1.807) is 0 Å². The van der Waals surface area contributed by atoms with Crippen molar-refractivity contribution in [2.75, 3.05) is 19.0 Å². The van der Waals surface area contributed by atoms with Gasteiger partial charge in [-0.2, -0.15) is 0 Å². The number of hydrogen-bond donors (Lipinski definition) is 0. The highest BCUT2D eigenvalue weighted by Crippen LogP contribution is 2.42. The van der Waals surface area contributed by atoms with E-state index >= 15 is 0 Å². The fourth-order valence-corrected chi connectivity index (χ4v) is 2.56. The van der Waals surface area contributed by atoms with E-state index in [-0.39, 0.29) is 0 Å². The SMILES string of the molecule is CN(C)c1ccc2c(c1)Cc1c([N+]#N)cccc1-2. The molecule has 88 valence electrons. The molecular weight excluding hydrogens is 222 g/mol. The van der Waals surface area contributed by atoms with E-state index in [4.69, 9.17) is 5.39 Å². The fraction of sp³-hybridized carbons (Fsp3) is 0.200. The number of benzene rings is 2. The Bertz CT molecular complexity index is 666. The van der Waals surface area contributed by atoms with E-state index in [1.165, 1.54) is 22.4 Å². The van der Waals surface area contributed by atoms with Gasteiger partial charge in [0.05, 0.1) is 5.56 Å². The number of hydrogen-bond acceptors (Lipinski definition) is 2. The highest BCUT2D eigenvalue weighted by molar-refractivity contribution is 5.83. The molecule has 2 aromatic carbocycles. The zero-order chi connectivity index (χ0) is 12.7. The third kappa shape index (κ3) is 1.46. The Morgan fingerprint density at radius 1 is 1.11 bits per heavy atom. The number of diazo groups is 1. The van der Waals surface area contributed by atoms with Gasteiger partial charge in [0.1, 0.15) is 0 Å². The lowest BCUT2D eigenvalue weighted by atomic mass is 10.0. The van der Waals surface area contributed by atoms with Crippen LogP contribution in [0.5, 0.6) is 0 Å². The van der Waals surface area contributed by atoms with Crippen molar-refractivity contribution in [1.29, 1.82) is 5.39 Å². The third-order valence-electron chi connectivity index (χ3n) is 3.52. The molecule has 3 rings (SSSR count). The van der Waals surface area contributed by atoms with Crippen LogP contribution in [0.25, 0.3) is 16.1 Å². The minimum Gasteiger partial charge on any atom is -0.378 e. The van der Waals surface area contributed by atoms with Crippen molar-refractivity contribution in [2.24, 2.45) is 0 Å². The number of rotatable bonds is 1. The molecule has 2 aromatic rings. The molecule has 3 heteroatoms. The van der Waals surface area contributed by atoms with Gasteiger partial charge >= 0.3 is 5.69 Å². The topological polar surface area (TPSA) is 31.4 Å². The summed E-state index contributed by atoms with van der Waals surface area (Å²) in [6, 6.07) is 12.3. The lowest BCUT2D eigenvalue weighted by Gasteiger charge is -2.13. The number of fused-ring (bicyclic) bond motifs is 3. The predicted molar refractivity (Wildman–Crippen MR) is 73.8 cm³/mol. The summed E-state index contributed by atoms with van der Waals surface area (Å²) in [6.07, 6.45) is 0.840. The summed E-state index contributed by atoms with van der Waals surface area (Å²) < 4.78 is 0. The Kier molecular flexibility index (Phi) is 2.31. The maximum absolute atomic E-state index is 9.04. The van der Waals surface area contributed by atoms with Gasteiger partial charge in [-0.25, -0.2) is 0 Å². The molecule has 3 nitrogen and oxygen atoms in total. The van der Waals surface area contributed by atoms with Gasteiger partial charge in [0.2, 0.25) is 5.39 Å². The Morgan fingerprint density at radius 3 is 2.67 bits per heavy atom. The normalized spacial score (nSPS) is 11.6.